The number of aliphatic hydroxyl groups is 1. The second-order valence-corrected chi connectivity index (χ2v) is 5.32. The van der Waals surface area contributed by atoms with E-state index in [4.69, 9.17) is 0 Å². The molecule has 0 aliphatic carbocycles. The maximum Gasteiger partial charge on any atom is 0.0845 e. The van der Waals surface area contributed by atoms with Crippen molar-refractivity contribution in [2.45, 2.75) is 32.3 Å². The number of nitrogens with zero attached hydrogens (tertiary/aromatic N) is 1. The van der Waals surface area contributed by atoms with Gasteiger partial charge in [0.15, 0.2) is 0 Å². The van der Waals surface area contributed by atoms with Crippen molar-refractivity contribution < 1.29 is 5.11 Å². The molecule has 0 unspecified atom stereocenters. The summed E-state index contributed by atoms with van der Waals surface area (Å²) in [5.74, 6) is 0. The maximum absolute atomic E-state index is 10.6. The quantitative estimate of drug-likeness (QED) is 0.855. The molecule has 1 aliphatic rings. The average Bonchev–Trinajstić information content (AvgIpc) is 2.38. The SMILES string of the molecule is CCN(CC1(O)CCNCC1)c1ccc(C)cc1. The molecule has 1 aliphatic heterocycles. The monoisotopic (exact) mass is 248 g/mol. The van der Waals surface area contributed by atoms with Gasteiger partial charge in [0.05, 0.1) is 5.60 Å². The Morgan fingerprint density at radius 2 is 1.83 bits per heavy atom. The van der Waals surface area contributed by atoms with Gasteiger partial charge in [-0.15, -0.1) is 0 Å². The van der Waals surface area contributed by atoms with E-state index in [1.807, 2.05) is 0 Å². The van der Waals surface area contributed by atoms with E-state index in [-0.39, 0.29) is 0 Å². The summed E-state index contributed by atoms with van der Waals surface area (Å²) in [7, 11) is 0. The predicted octanol–water partition coefficient (Wildman–Crippen LogP) is 1.94. The van der Waals surface area contributed by atoms with Crippen LogP contribution in [0.5, 0.6) is 0 Å². The summed E-state index contributed by atoms with van der Waals surface area (Å²) >= 11 is 0. The Morgan fingerprint density at radius 1 is 1.22 bits per heavy atom. The van der Waals surface area contributed by atoms with Crippen molar-refractivity contribution in [1.29, 1.82) is 0 Å². The number of hydrogen-bond donors (Lipinski definition) is 2. The molecule has 0 amide bonds. The first-order valence-corrected chi connectivity index (χ1v) is 6.88. The van der Waals surface area contributed by atoms with Crippen LogP contribution in [0, 0.1) is 6.92 Å². The highest BCUT2D eigenvalue weighted by Gasteiger charge is 2.31. The highest BCUT2D eigenvalue weighted by Crippen LogP contribution is 2.23. The fraction of sp³-hybridized carbons (Fsp3) is 0.600. The largest absolute Gasteiger partial charge is 0.388 e. The number of rotatable bonds is 4. The Hall–Kier alpha value is -1.06. The maximum atomic E-state index is 10.6. The Kier molecular flexibility index (Phi) is 4.25. The van der Waals surface area contributed by atoms with E-state index in [1.54, 1.807) is 0 Å². The first-order chi connectivity index (χ1) is 8.63. The van der Waals surface area contributed by atoms with Gasteiger partial charge in [-0.3, -0.25) is 0 Å². The zero-order valence-electron chi connectivity index (χ0n) is 11.4. The van der Waals surface area contributed by atoms with Crippen LogP contribution in [0.3, 0.4) is 0 Å². The molecule has 3 nitrogen and oxygen atoms in total. The fourth-order valence-corrected chi connectivity index (χ4v) is 2.55. The van der Waals surface area contributed by atoms with Crippen molar-refractivity contribution in [1.82, 2.24) is 5.32 Å². The molecule has 0 bridgehead atoms. The van der Waals surface area contributed by atoms with E-state index in [9.17, 15) is 5.11 Å². The van der Waals surface area contributed by atoms with Crippen molar-refractivity contribution in [3.05, 3.63) is 29.8 Å². The van der Waals surface area contributed by atoms with Gasteiger partial charge in [-0.05, 0) is 51.9 Å². The van der Waals surface area contributed by atoms with Crippen LogP contribution in [0.4, 0.5) is 5.69 Å². The van der Waals surface area contributed by atoms with Crippen LogP contribution in [0.25, 0.3) is 0 Å². The summed E-state index contributed by atoms with van der Waals surface area (Å²) in [6.07, 6.45) is 1.69. The molecule has 3 heteroatoms. The molecule has 0 atom stereocenters. The molecule has 1 aromatic rings. The van der Waals surface area contributed by atoms with Crippen molar-refractivity contribution in [3.8, 4) is 0 Å². The van der Waals surface area contributed by atoms with E-state index in [0.717, 1.165) is 39.0 Å². The predicted molar refractivity (Wildman–Crippen MR) is 76.1 cm³/mol. The highest BCUT2D eigenvalue weighted by molar-refractivity contribution is 5.47. The molecule has 0 aromatic heterocycles. The van der Waals surface area contributed by atoms with Crippen LogP contribution in [-0.2, 0) is 0 Å². The summed E-state index contributed by atoms with van der Waals surface area (Å²) in [6.45, 7) is 7.74. The van der Waals surface area contributed by atoms with E-state index >= 15 is 0 Å². The number of nitrogens with one attached hydrogen (secondary N) is 1. The summed E-state index contributed by atoms with van der Waals surface area (Å²) in [5.41, 5.74) is 1.94. The van der Waals surface area contributed by atoms with Gasteiger partial charge in [0, 0.05) is 18.8 Å². The van der Waals surface area contributed by atoms with Crippen LogP contribution < -0.4 is 10.2 Å². The third kappa shape index (κ3) is 3.24. The minimum absolute atomic E-state index is 0.536. The summed E-state index contributed by atoms with van der Waals surface area (Å²) < 4.78 is 0. The van der Waals surface area contributed by atoms with Crippen LogP contribution in [0.1, 0.15) is 25.3 Å². The van der Waals surface area contributed by atoms with Crippen molar-refractivity contribution >= 4 is 5.69 Å². The van der Waals surface area contributed by atoms with Gasteiger partial charge in [0.1, 0.15) is 0 Å². The van der Waals surface area contributed by atoms with Gasteiger partial charge in [0.25, 0.3) is 0 Å². The number of aryl methyl sites for hydroxylation is 1. The molecule has 1 saturated heterocycles. The lowest BCUT2D eigenvalue weighted by Crippen LogP contribution is -2.49. The molecule has 100 valence electrons. The van der Waals surface area contributed by atoms with Crippen molar-refractivity contribution in [2.24, 2.45) is 0 Å². The molecule has 1 fully saturated rings. The molecule has 0 saturated carbocycles. The first-order valence-electron chi connectivity index (χ1n) is 6.88. The summed E-state index contributed by atoms with van der Waals surface area (Å²) in [6, 6.07) is 8.54. The Labute approximate surface area is 110 Å². The van der Waals surface area contributed by atoms with E-state index < -0.39 is 5.60 Å². The van der Waals surface area contributed by atoms with E-state index in [1.165, 1.54) is 11.3 Å². The molecular weight excluding hydrogens is 224 g/mol. The minimum atomic E-state index is -0.536. The number of benzene rings is 1. The van der Waals surface area contributed by atoms with Gasteiger partial charge in [0.2, 0.25) is 0 Å². The van der Waals surface area contributed by atoms with Gasteiger partial charge < -0.3 is 15.3 Å². The first kappa shape index (κ1) is 13.4. The smallest absolute Gasteiger partial charge is 0.0845 e. The minimum Gasteiger partial charge on any atom is -0.388 e. The number of likely N-dealkylation sites (N-methyl/N-ethyl adjacent to an activating group) is 1. The second kappa shape index (κ2) is 5.72. The molecule has 0 radical (unpaired) electrons. The zero-order chi connectivity index (χ0) is 13.0. The van der Waals surface area contributed by atoms with Crippen molar-refractivity contribution in [2.75, 3.05) is 31.1 Å². The van der Waals surface area contributed by atoms with Gasteiger partial charge in [-0.1, -0.05) is 17.7 Å². The molecule has 2 rings (SSSR count). The van der Waals surface area contributed by atoms with Crippen LogP contribution in [0.15, 0.2) is 24.3 Å². The van der Waals surface area contributed by atoms with Crippen LogP contribution in [-0.4, -0.2) is 36.9 Å². The van der Waals surface area contributed by atoms with Crippen molar-refractivity contribution in [3.63, 3.8) is 0 Å². The number of hydrogen-bond acceptors (Lipinski definition) is 3. The lowest BCUT2D eigenvalue weighted by atomic mass is 9.91. The van der Waals surface area contributed by atoms with E-state index in [2.05, 4.69) is 48.3 Å². The van der Waals surface area contributed by atoms with E-state index in [0.29, 0.717) is 0 Å². The molecule has 1 aromatic carbocycles. The summed E-state index contributed by atoms with van der Waals surface area (Å²) in [5, 5.41) is 13.9. The standard InChI is InChI=1S/C15H24N2O/c1-3-17(14-6-4-13(2)5-7-14)12-15(18)8-10-16-11-9-15/h4-7,16,18H,3,8-12H2,1-2H3. The Morgan fingerprint density at radius 3 is 2.39 bits per heavy atom. The average molecular weight is 248 g/mol. The van der Waals surface area contributed by atoms with Crippen LogP contribution in [0.2, 0.25) is 0 Å². The highest BCUT2D eigenvalue weighted by atomic mass is 16.3. The van der Waals surface area contributed by atoms with Gasteiger partial charge in [-0.25, -0.2) is 0 Å². The van der Waals surface area contributed by atoms with Gasteiger partial charge in [-0.2, -0.15) is 0 Å². The lowest BCUT2D eigenvalue weighted by molar-refractivity contribution is 0.0175. The Bertz CT molecular complexity index is 369. The summed E-state index contributed by atoms with van der Waals surface area (Å²) in [4.78, 5) is 2.27. The third-order valence-corrected chi connectivity index (χ3v) is 3.80. The number of anilines is 1. The molecule has 18 heavy (non-hydrogen) atoms. The molecule has 2 N–H and O–H groups in total. The molecule has 0 spiro atoms. The van der Waals surface area contributed by atoms with Gasteiger partial charge >= 0.3 is 0 Å². The number of piperidine rings is 1. The zero-order valence-corrected chi connectivity index (χ0v) is 11.4. The molecular formula is C15H24N2O. The molecule has 1 heterocycles. The normalized spacial score (nSPS) is 18.6. The fourth-order valence-electron chi connectivity index (χ4n) is 2.55. The third-order valence-electron chi connectivity index (χ3n) is 3.80. The second-order valence-electron chi connectivity index (χ2n) is 5.32. The topological polar surface area (TPSA) is 35.5 Å². The Balaban J connectivity index is 2.06. The van der Waals surface area contributed by atoms with Crippen LogP contribution >= 0.6 is 0 Å². The lowest BCUT2D eigenvalue weighted by Gasteiger charge is -2.38.